The van der Waals surface area contributed by atoms with Crippen LogP contribution in [0.5, 0.6) is 0 Å². The first-order valence-corrected chi connectivity index (χ1v) is 8.23. The molecule has 3 aromatic rings. The molecule has 0 radical (unpaired) electrons. The van der Waals surface area contributed by atoms with Crippen LogP contribution in [0.2, 0.25) is 5.02 Å². The Labute approximate surface area is 150 Å². The summed E-state index contributed by atoms with van der Waals surface area (Å²) in [6, 6.07) is 7.18. The van der Waals surface area contributed by atoms with Gasteiger partial charge in [0.25, 0.3) is 5.91 Å². The number of nitrogens with zero attached hydrogens (tertiary/aromatic N) is 3. The van der Waals surface area contributed by atoms with E-state index in [-0.39, 0.29) is 5.91 Å². The first-order valence-electron chi connectivity index (χ1n) is 7.85. The number of fused-ring (bicyclic) bond motifs is 1. The molecule has 0 bridgehead atoms. The monoisotopic (exact) mass is 361 g/mol. The number of likely N-dealkylation sites (N-methyl/N-ethyl adjacent to an activating group) is 1. The van der Waals surface area contributed by atoms with Gasteiger partial charge in [-0.2, -0.15) is 5.10 Å². The summed E-state index contributed by atoms with van der Waals surface area (Å²) in [4.78, 5) is 17.3. The quantitative estimate of drug-likeness (QED) is 0.628. The van der Waals surface area contributed by atoms with E-state index >= 15 is 0 Å². The number of nitrogens with one attached hydrogen (secondary N) is 2. The van der Waals surface area contributed by atoms with Gasteiger partial charge in [0, 0.05) is 28.7 Å². The van der Waals surface area contributed by atoms with Crippen LogP contribution in [0.15, 0.2) is 36.7 Å². The summed E-state index contributed by atoms with van der Waals surface area (Å²) in [7, 11) is 3.79. The molecule has 2 aromatic heterocycles. The predicted octanol–water partition coefficient (Wildman–Crippen LogP) is 2.19. The van der Waals surface area contributed by atoms with Gasteiger partial charge in [-0.05, 0) is 32.3 Å². The van der Waals surface area contributed by atoms with Gasteiger partial charge in [-0.15, -0.1) is 0 Å². The van der Waals surface area contributed by atoms with Gasteiger partial charge in [-0.25, -0.2) is 0 Å². The number of anilines is 1. The average Bonchev–Trinajstić information content (AvgIpc) is 3.12. The molecule has 7 nitrogen and oxygen atoms in total. The molecule has 132 valence electrons. The standard InChI is InChI=1S/C17H20ClN5O2/c1-22(2)9-14(24)10-23-8-13(7-19-23)20-17(25)16-5-11-3-4-12(18)6-15(11)21-16/h3-8,14,21,24H,9-10H2,1-2H3,(H,20,25)/t14-/m1/s1. The Hall–Kier alpha value is -2.35. The van der Waals surface area contributed by atoms with Crippen molar-refractivity contribution in [2.24, 2.45) is 0 Å². The van der Waals surface area contributed by atoms with Crippen molar-refractivity contribution in [3.63, 3.8) is 0 Å². The van der Waals surface area contributed by atoms with Gasteiger partial charge in [-0.3, -0.25) is 9.48 Å². The molecule has 0 aliphatic carbocycles. The van der Waals surface area contributed by atoms with E-state index in [0.29, 0.717) is 29.5 Å². The van der Waals surface area contributed by atoms with Crippen LogP contribution in [0.4, 0.5) is 5.69 Å². The van der Waals surface area contributed by atoms with Crippen LogP contribution < -0.4 is 5.32 Å². The van der Waals surface area contributed by atoms with Crippen LogP contribution in [-0.4, -0.2) is 57.4 Å². The van der Waals surface area contributed by atoms with E-state index < -0.39 is 6.10 Å². The lowest BCUT2D eigenvalue weighted by Crippen LogP contribution is -2.29. The molecule has 0 unspecified atom stereocenters. The third kappa shape index (κ3) is 4.39. The van der Waals surface area contributed by atoms with Crippen LogP contribution >= 0.6 is 11.6 Å². The smallest absolute Gasteiger partial charge is 0.272 e. The molecule has 1 aromatic carbocycles. The van der Waals surface area contributed by atoms with Crippen molar-refractivity contribution >= 4 is 34.1 Å². The van der Waals surface area contributed by atoms with Crippen LogP contribution in [-0.2, 0) is 6.54 Å². The summed E-state index contributed by atoms with van der Waals surface area (Å²) in [5.41, 5.74) is 1.82. The van der Waals surface area contributed by atoms with Gasteiger partial charge in [0.15, 0.2) is 0 Å². The number of aliphatic hydroxyl groups is 1. The Balaban J connectivity index is 1.66. The normalized spacial score (nSPS) is 12.7. The lowest BCUT2D eigenvalue weighted by molar-refractivity contribution is 0.102. The van der Waals surface area contributed by atoms with E-state index in [0.717, 1.165) is 10.9 Å². The molecule has 0 aliphatic rings. The minimum Gasteiger partial charge on any atom is -0.390 e. The highest BCUT2D eigenvalue weighted by Gasteiger charge is 2.12. The molecule has 0 saturated heterocycles. The Morgan fingerprint density at radius 1 is 1.44 bits per heavy atom. The Bertz CT molecular complexity index is 886. The van der Waals surface area contributed by atoms with E-state index in [1.54, 1.807) is 35.3 Å². The summed E-state index contributed by atoms with van der Waals surface area (Å²) in [6.45, 7) is 0.901. The zero-order valence-corrected chi connectivity index (χ0v) is 14.8. The third-order valence-electron chi connectivity index (χ3n) is 3.69. The first-order chi connectivity index (χ1) is 11.9. The molecule has 1 atom stereocenters. The van der Waals surface area contributed by atoms with Gasteiger partial charge in [0.2, 0.25) is 0 Å². The van der Waals surface area contributed by atoms with E-state index in [9.17, 15) is 9.90 Å². The largest absolute Gasteiger partial charge is 0.390 e. The first kappa shape index (κ1) is 17.5. The summed E-state index contributed by atoms with van der Waals surface area (Å²) in [5, 5.41) is 18.4. The summed E-state index contributed by atoms with van der Waals surface area (Å²) in [5.74, 6) is -0.263. The second kappa shape index (κ2) is 7.26. The van der Waals surface area contributed by atoms with Crippen LogP contribution in [0.1, 0.15) is 10.5 Å². The molecule has 0 spiro atoms. The predicted molar refractivity (Wildman–Crippen MR) is 98.0 cm³/mol. The number of halogens is 1. The van der Waals surface area contributed by atoms with E-state index in [4.69, 9.17) is 11.6 Å². The van der Waals surface area contributed by atoms with Gasteiger partial charge in [0.05, 0.1) is 24.5 Å². The molecule has 1 amide bonds. The number of aliphatic hydroxyl groups excluding tert-OH is 1. The Kier molecular flexibility index (Phi) is 5.08. The van der Waals surface area contributed by atoms with Gasteiger partial charge in [-0.1, -0.05) is 17.7 Å². The maximum absolute atomic E-state index is 12.4. The fourth-order valence-corrected chi connectivity index (χ4v) is 2.82. The number of amides is 1. The molecule has 0 aliphatic heterocycles. The average molecular weight is 362 g/mol. The molecule has 0 saturated carbocycles. The lowest BCUT2D eigenvalue weighted by atomic mass is 10.2. The number of rotatable bonds is 6. The minimum atomic E-state index is -0.531. The van der Waals surface area contributed by atoms with Crippen molar-refractivity contribution in [1.29, 1.82) is 0 Å². The van der Waals surface area contributed by atoms with Crippen molar-refractivity contribution in [2.45, 2.75) is 12.6 Å². The van der Waals surface area contributed by atoms with Crippen molar-refractivity contribution < 1.29 is 9.90 Å². The number of aromatic nitrogens is 3. The van der Waals surface area contributed by atoms with Crippen molar-refractivity contribution in [3.05, 3.63) is 47.4 Å². The molecular weight excluding hydrogens is 342 g/mol. The number of hydrogen-bond acceptors (Lipinski definition) is 4. The summed E-state index contributed by atoms with van der Waals surface area (Å²) >= 11 is 5.96. The van der Waals surface area contributed by atoms with Crippen molar-refractivity contribution in [3.8, 4) is 0 Å². The van der Waals surface area contributed by atoms with Gasteiger partial charge >= 0.3 is 0 Å². The molecule has 3 N–H and O–H groups in total. The van der Waals surface area contributed by atoms with E-state index in [1.807, 2.05) is 25.1 Å². The summed E-state index contributed by atoms with van der Waals surface area (Å²) < 4.78 is 1.61. The lowest BCUT2D eigenvalue weighted by Gasteiger charge is -2.15. The Morgan fingerprint density at radius 2 is 2.24 bits per heavy atom. The Morgan fingerprint density at radius 3 is 3.00 bits per heavy atom. The zero-order valence-electron chi connectivity index (χ0n) is 14.0. The van der Waals surface area contributed by atoms with Crippen LogP contribution in [0.25, 0.3) is 10.9 Å². The fraction of sp³-hybridized carbons (Fsp3) is 0.294. The zero-order chi connectivity index (χ0) is 18.0. The van der Waals surface area contributed by atoms with Gasteiger partial charge in [0.1, 0.15) is 5.69 Å². The van der Waals surface area contributed by atoms with Crippen molar-refractivity contribution in [1.82, 2.24) is 19.7 Å². The molecule has 8 heteroatoms. The second-order valence-corrected chi connectivity index (χ2v) is 6.67. The molecule has 2 heterocycles. The third-order valence-corrected chi connectivity index (χ3v) is 3.93. The molecular formula is C17H20ClN5O2. The van der Waals surface area contributed by atoms with Gasteiger partial charge < -0.3 is 20.3 Å². The molecule has 25 heavy (non-hydrogen) atoms. The number of carbonyl (C=O) groups is 1. The van der Waals surface area contributed by atoms with E-state index in [2.05, 4.69) is 15.4 Å². The maximum Gasteiger partial charge on any atom is 0.272 e. The van der Waals surface area contributed by atoms with Crippen molar-refractivity contribution in [2.75, 3.05) is 26.0 Å². The van der Waals surface area contributed by atoms with Crippen LogP contribution in [0, 0.1) is 0 Å². The maximum atomic E-state index is 12.4. The fourth-order valence-electron chi connectivity index (χ4n) is 2.64. The minimum absolute atomic E-state index is 0.263. The molecule has 3 rings (SSSR count). The number of H-pyrrole nitrogens is 1. The highest BCUT2D eigenvalue weighted by atomic mass is 35.5. The second-order valence-electron chi connectivity index (χ2n) is 6.24. The number of carbonyl (C=O) groups excluding carboxylic acids is 1. The SMILES string of the molecule is CN(C)C[C@@H](O)Cn1cc(NC(=O)c2cc3ccc(Cl)cc3[nH]2)cn1. The number of benzene rings is 1. The number of aromatic amines is 1. The molecule has 0 fully saturated rings. The highest BCUT2D eigenvalue weighted by Crippen LogP contribution is 2.20. The summed E-state index contributed by atoms with van der Waals surface area (Å²) in [6.07, 6.45) is 2.72. The number of hydrogen-bond donors (Lipinski definition) is 3. The topological polar surface area (TPSA) is 86.2 Å². The van der Waals surface area contributed by atoms with Crippen LogP contribution in [0.3, 0.4) is 0 Å². The van der Waals surface area contributed by atoms with E-state index in [1.165, 1.54) is 0 Å². The highest BCUT2D eigenvalue weighted by molar-refractivity contribution is 6.31.